The van der Waals surface area contributed by atoms with Gasteiger partial charge in [0.05, 0.1) is 17.8 Å². The predicted octanol–water partition coefficient (Wildman–Crippen LogP) is 4.56. The van der Waals surface area contributed by atoms with Crippen molar-refractivity contribution in [2.45, 2.75) is 26.3 Å². The summed E-state index contributed by atoms with van der Waals surface area (Å²) >= 11 is 6.03. The summed E-state index contributed by atoms with van der Waals surface area (Å²) in [6, 6.07) is 7.23. The van der Waals surface area contributed by atoms with Crippen LogP contribution in [0.1, 0.15) is 40.9 Å². The number of nitrogens with zero attached hydrogens (tertiary/aromatic N) is 1. The summed E-state index contributed by atoms with van der Waals surface area (Å²) in [4.78, 5) is 14.7. The van der Waals surface area contributed by atoms with Gasteiger partial charge < -0.3 is 5.32 Å². The van der Waals surface area contributed by atoms with Gasteiger partial charge in [-0.3, -0.25) is 4.79 Å². The van der Waals surface area contributed by atoms with Gasteiger partial charge in [0.2, 0.25) is 0 Å². The molecule has 110 valence electrons. The Labute approximate surface area is 128 Å². The van der Waals surface area contributed by atoms with Crippen LogP contribution in [0.4, 0.5) is 10.2 Å². The first kappa shape index (κ1) is 15.4. The molecule has 0 unspecified atom stereocenters. The van der Waals surface area contributed by atoms with Gasteiger partial charge in [-0.15, -0.1) is 0 Å². The molecule has 0 saturated heterocycles. The number of carbonyl (C=O) groups excluding carboxylic acids is 1. The average molecular weight is 307 g/mol. The van der Waals surface area contributed by atoms with Gasteiger partial charge in [0.15, 0.2) is 12.1 Å². The fourth-order valence-corrected chi connectivity index (χ4v) is 2.23. The molecule has 0 aliphatic heterocycles. The Morgan fingerprint density at radius 3 is 2.81 bits per heavy atom. The van der Waals surface area contributed by atoms with E-state index in [1.807, 2.05) is 32.0 Å². The van der Waals surface area contributed by atoms with Crippen molar-refractivity contribution in [2.24, 2.45) is 0 Å². The summed E-state index contributed by atoms with van der Waals surface area (Å²) in [5, 5.41) is 3.93. The molecule has 2 aromatic rings. The molecule has 0 amide bonds. The molecule has 1 aromatic heterocycles. The molecule has 5 heteroatoms. The zero-order valence-electron chi connectivity index (χ0n) is 11.9. The summed E-state index contributed by atoms with van der Waals surface area (Å²) in [7, 11) is 0. The minimum Gasteiger partial charge on any atom is -0.363 e. The third kappa shape index (κ3) is 3.58. The molecule has 0 saturated carbocycles. The van der Waals surface area contributed by atoms with Crippen LogP contribution in [0.15, 0.2) is 30.5 Å². The van der Waals surface area contributed by atoms with E-state index in [9.17, 15) is 9.18 Å². The number of carbonyl (C=O) groups is 1. The monoisotopic (exact) mass is 306 g/mol. The van der Waals surface area contributed by atoms with Crippen LogP contribution in [0.3, 0.4) is 0 Å². The molecule has 21 heavy (non-hydrogen) atoms. The summed E-state index contributed by atoms with van der Waals surface area (Å²) < 4.78 is 13.3. The maximum Gasteiger partial charge on any atom is 0.153 e. The summed E-state index contributed by atoms with van der Waals surface area (Å²) in [6.07, 6.45) is 2.35. The van der Waals surface area contributed by atoms with E-state index in [2.05, 4.69) is 10.3 Å². The summed E-state index contributed by atoms with van der Waals surface area (Å²) in [5.74, 6) is -0.149. The van der Waals surface area contributed by atoms with Crippen molar-refractivity contribution >= 4 is 23.7 Å². The van der Waals surface area contributed by atoms with Crippen LogP contribution in [0.2, 0.25) is 5.02 Å². The van der Waals surface area contributed by atoms with Crippen molar-refractivity contribution in [3.05, 3.63) is 58.0 Å². The Morgan fingerprint density at radius 2 is 2.19 bits per heavy atom. The Kier molecular flexibility index (Phi) is 4.91. The van der Waals surface area contributed by atoms with Gasteiger partial charge >= 0.3 is 0 Å². The van der Waals surface area contributed by atoms with Gasteiger partial charge in [-0.2, -0.15) is 0 Å². The molecule has 0 fully saturated rings. The summed E-state index contributed by atoms with van der Waals surface area (Å²) in [5.41, 5.74) is 2.06. The van der Waals surface area contributed by atoms with Gasteiger partial charge in [0.1, 0.15) is 5.82 Å². The number of nitrogens with one attached hydrogen (secondary N) is 1. The number of pyridine rings is 1. The van der Waals surface area contributed by atoms with E-state index < -0.39 is 5.82 Å². The smallest absolute Gasteiger partial charge is 0.153 e. The van der Waals surface area contributed by atoms with Crippen molar-refractivity contribution in [2.75, 3.05) is 5.32 Å². The lowest BCUT2D eigenvalue weighted by Crippen LogP contribution is -2.11. The molecule has 2 rings (SSSR count). The Balaban J connectivity index is 2.26. The maximum atomic E-state index is 13.3. The molecular weight excluding hydrogens is 291 g/mol. The van der Waals surface area contributed by atoms with Crippen LogP contribution < -0.4 is 5.32 Å². The second-order valence-corrected chi connectivity index (χ2v) is 5.23. The largest absolute Gasteiger partial charge is 0.363 e. The number of halogens is 2. The number of rotatable bonds is 5. The second kappa shape index (κ2) is 6.68. The first-order valence-corrected chi connectivity index (χ1v) is 7.06. The lowest BCUT2D eigenvalue weighted by Gasteiger charge is -2.19. The number of hydrogen-bond acceptors (Lipinski definition) is 3. The molecule has 3 nitrogen and oxygen atoms in total. The molecule has 1 N–H and O–H groups in total. The third-order valence-corrected chi connectivity index (χ3v) is 3.75. The Bertz CT molecular complexity index is 661. The first-order chi connectivity index (χ1) is 10.0. The molecule has 1 atom stereocenters. The molecule has 0 aliphatic rings. The number of aromatic nitrogens is 1. The third-order valence-electron chi connectivity index (χ3n) is 3.33. The normalized spacial score (nSPS) is 12.0. The van der Waals surface area contributed by atoms with E-state index in [0.29, 0.717) is 12.1 Å². The van der Waals surface area contributed by atoms with E-state index in [1.165, 1.54) is 6.07 Å². The molecule has 1 aromatic carbocycles. The van der Waals surface area contributed by atoms with E-state index in [0.717, 1.165) is 28.8 Å². The number of hydrogen-bond donors (Lipinski definition) is 1. The number of aryl methyl sites for hydroxylation is 1. The van der Waals surface area contributed by atoms with Crippen LogP contribution in [-0.2, 0) is 0 Å². The van der Waals surface area contributed by atoms with Crippen LogP contribution in [-0.4, -0.2) is 11.3 Å². The van der Waals surface area contributed by atoms with Gasteiger partial charge in [0.25, 0.3) is 0 Å². The number of aldehydes is 1. The number of anilines is 1. The Morgan fingerprint density at radius 1 is 1.43 bits per heavy atom. The minimum absolute atomic E-state index is 0.00496. The van der Waals surface area contributed by atoms with Gasteiger partial charge in [-0.1, -0.05) is 30.7 Å². The van der Waals surface area contributed by atoms with Crippen molar-refractivity contribution in [3.8, 4) is 0 Å². The highest BCUT2D eigenvalue weighted by atomic mass is 35.5. The lowest BCUT2D eigenvalue weighted by atomic mass is 10.0. The van der Waals surface area contributed by atoms with E-state index in [1.54, 1.807) is 0 Å². The van der Waals surface area contributed by atoms with Crippen molar-refractivity contribution < 1.29 is 9.18 Å². The van der Waals surface area contributed by atoms with Crippen LogP contribution >= 0.6 is 11.6 Å². The molecule has 0 spiro atoms. The van der Waals surface area contributed by atoms with Crippen molar-refractivity contribution in [3.63, 3.8) is 0 Å². The number of benzene rings is 1. The summed E-state index contributed by atoms with van der Waals surface area (Å²) in [6.45, 7) is 3.98. The molecule has 0 radical (unpaired) electrons. The molecule has 0 bridgehead atoms. The lowest BCUT2D eigenvalue weighted by molar-refractivity contribution is 0.111. The zero-order valence-corrected chi connectivity index (χ0v) is 12.6. The van der Waals surface area contributed by atoms with Crippen LogP contribution in [0, 0.1) is 12.7 Å². The fourth-order valence-electron chi connectivity index (χ4n) is 2.11. The topological polar surface area (TPSA) is 42.0 Å². The van der Waals surface area contributed by atoms with E-state index >= 15 is 0 Å². The van der Waals surface area contributed by atoms with Crippen LogP contribution in [0.5, 0.6) is 0 Å². The van der Waals surface area contributed by atoms with Gasteiger partial charge in [-0.05, 0) is 36.6 Å². The van der Waals surface area contributed by atoms with Crippen LogP contribution in [0.25, 0.3) is 0 Å². The van der Waals surface area contributed by atoms with E-state index in [-0.39, 0.29) is 11.6 Å². The highest BCUT2D eigenvalue weighted by Gasteiger charge is 2.12. The Hall–Kier alpha value is -1.94. The first-order valence-electron chi connectivity index (χ1n) is 6.68. The zero-order chi connectivity index (χ0) is 15.4. The minimum atomic E-state index is -0.620. The molecule has 0 aliphatic carbocycles. The van der Waals surface area contributed by atoms with Gasteiger partial charge in [0, 0.05) is 5.02 Å². The average Bonchev–Trinajstić information content (AvgIpc) is 2.49. The SMILES string of the molecule is CC[C@@H](Nc1cc(C=O)c(F)cn1)c1ccc(Cl)c(C)c1. The molecule has 1 heterocycles. The standard InChI is InChI=1S/C16H16ClFN2O/c1-3-15(11-4-5-13(17)10(2)6-11)20-16-7-12(9-21)14(18)8-19-16/h4-9,15H,3H2,1-2H3,(H,19,20)/t15-/m1/s1. The van der Waals surface area contributed by atoms with E-state index in [4.69, 9.17) is 11.6 Å². The predicted molar refractivity (Wildman–Crippen MR) is 82.4 cm³/mol. The van der Waals surface area contributed by atoms with Crippen molar-refractivity contribution in [1.29, 1.82) is 0 Å². The highest BCUT2D eigenvalue weighted by Crippen LogP contribution is 2.25. The fraction of sp³-hybridized carbons (Fsp3) is 0.250. The maximum absolute atomic E-state index is 13.3. The second-order valence-electron chi connectivity index (χ2n) is 4.82. The molecular formula is C16H16ClFN2O. The van der Waals surface area contributed by atoms with Crippen molar-refractivity contribution in [1.82, 2.24) is 4.98 Å². The highest BCUT2D eigenvalue weighted by molar-refractivity contribution is 6.31. The quantitative estimate of drug-likeness (QED) is 0.823. The van der Waals surface area contributed by atoms with Gasteiger partial charge in [-0.25, -0.2) is 9.37 Å².